The summed E-state index contributed by atoms with van der Waals surface area (Å²) in [5.74, 6) is 0. The van der Waals surface area contributed by atoms with Crippen molar-refractivity contribution in [1.82, 2.24) is 14.8 Å². The molecule has 2 aromatic heterocycles. The first-order valence-electron chi connectivity index (χ1n) is 12.4. The number of para-hydroxylation sites is 1. The van der Waals surface area contributed by atoms with E-state index in [1.54, 1.807) is 0 Å². The zero-order valence-electron chi connectivity index (χ0n) is 19.5. The van der Waals surface area contributed by atoms with Gasteiger partial charge < -0.3 is 0 Å². The maximum Gasteiger partial charge on any atom is 0.164 e. The molecule has 1 aliphatic carbocycles. The van der Waals surface area contributed by atoms with Gasteiger partial charge in [0.15, 0.2) is 5.65 Å². The average Bonchev–Trinajstić information content (AvgIpc) is 3.16. The van der Waals surface area contributed by atoms with Gasteiger partial charge in [0, 0.05) is 16.0 Å². The minimum absolute atomic E-state index is 0.758. The summed E-state index contributed by atoms with van der Waals surface area (Å²) in [6.45, 7) is 2.14. The number of hydrogen-bond donors (Lipinski definition) is 0. The number of nitrogens with zero attached hydrogens (tertiary/aromatic N) is 3. The van der Waals surface area contributed by atoms with Crippen molar-refractivity contribution >= 4 is 22.6 Å². The highest BCUT2D eigenvalue weighted by Crippen LogP contribution is 2.36. The van der Waals surface area contributed by atoms with Gasteiger partial charge in [0.05, 0.1) is 17.1 Å². The number of fused-ring (bicyclic) bond motifs is 3. The number of hydrogen-bond acceptors (Lipinski definition) is 2. The summed E-state index contributed by atoms with van der Waals surface area (Å²) < 4.78 is 2.03. The van der Waals surface area contributed by atoms with Crippen molar-refractivity contribution in [3.8, 4) is 16.9 Å². The summed E-state index contributed by atoms with van der Waals surface area (Å²) in [5, 5.41) is 6.99. The molecule has 0 saturated carbocycles. The molecule has 0 unspecified atom stereocenters. The molecule has 4 aromatic rings. The van der Waals surface area contributed by atoms with Crippen LogP contribution >= 0.6 is 11.6 Å². The molecule has 0 amide bonds. The molecule has 5 rings (SSSR count). The predicted molar refractivity (Wildman–Crippen MR) is 138 cm³/mol. The van der Waals surface area contributed by atoms with Crippen LogP contribution in [0.25, 0.3) is 28.0 Å². The van der Waals surface area contributed by atoms with E-state index < -0.39 is 0 Å². The van der Waals surface area contributed by atoms with E-state index in [1.165, 1.54) is 67.9 Å². The van der Waals surface area contributed by atoms with Crippen LogP contribution in [0.1, 0.15) is 68.2 Å². The molecule has 0 spiro atoms. The van der Waals surface area contributed by atoms with Crippen LogP contribution in [0, 0.1) is 6.92 Å². The van der Waals surface area contributed by atoms with E-state index >= 15 is 0 Å². The second-order valence-electron chi connectivity index (χ2n) is 9.28. The zero-order valence-corrected chi connectivity index (χ0v) is 20.2. The Morgan fingerprint density at radius 2 is 1.33 bits per heavy atom. The lowest BCUT2D eigenvalue weighted by atomic mass is 9.90. The van der Waals surface area contributed by atoms with Gasteiger partial charge in [-0.3, -0.25) is 0 Å². The molecule has 0 saturated heterocycles. The van der Waals surface area contributed by atoms with Crippen LogP contribution in [0.15, 0.2) is 54.6 Å². The quantitative estimate of drug-likeness (QED) is 0.303. The number of aryl methyl sites for hydroxylation is 2. The average molecular weight is 458 g/mol. The first kappa shape index (κ1) is 22.2. The number of halogens is 1. The summed E-state index contributed by atoms with van der Waals surface area (Å²) in [4.78, 5) is 5.31. The number of rotatable bonds is 2. The normalized spacial score (nSPS) is 15.6. The molecule has 3 nitrogen and oxygen atoms in total. The van der Waals surface area contributed by atoms with E-state index in [0.717, 1.165) is 46.2 Å². The summed E-state index contributed by atoms with van der Waals surface area (Å²) in [6.07, 6.45) is 12.6. The largest absolute Gasteiger partial charge is 0.228 e. The van der Waals surface area contributed by atoms with Crippen LogP contribution in [-0.4, -0.2) is 14.8 Å². The van der Waals surface area contributed by atoms with Gasteiger partial charge in [-0.05, 0) is 68.0 Å². The Hall–Kier alpha value is -2.65. The van der Waals surface area contributed by atoms with Crippen LogP contribution in [0.2, 0.25) is 5.02 Å². The molecular formula is C29H32ClN3. The summed E-state index contributed by atoms with van der Waals surface area (Å²) >= 11 is 6.23. The predicted octanol–water partition coefficient (Wildman–Crippen LogP) is 8.27. The highest BCUT2D eigenvalue weighted by Gasteiger charge is 2.22. The number of aromatic nitrogens is 3. The van der Waals surface area contributed by atoms with Gasteiger partial charge >= 0.3 is 0 Å². The van der Waals surface area contributed by atoms with Crippen LogP contribution < -0.4 is 0 Å². The Labute approximate surface area is 201 Å². The van der Waals surface area contributed by atoms with Crippen molar-refractivity contribution in [1.29, 1.82) is 0 Å². The Morgan fingerprint density at radius 1 is 0.727 bits per heavy atom. The van der Waals surface area contributed by atoms with Crippen molar-refractivity contribution in [2.75, 3.05) is 0 Å². The van der Waals surface area contributed by atoms with Gasteiger partial charge in [-0.1, -0.05) is 80.5 Å². The standard InChI is InChI=1S/C29H32ClN3/c1-21-27-25-15-11-6-4-2-3-5-7-12-16-26(25)28(22-17-19-23(30)20-18-22)31-29(27)33(32-21)24-13-9-8-10-14-24/h8-10,13-14,17-20H,2-7,11-12,15-16H2,1H3. The fraction of sp³-hybridized carbons (Fsp3) is 0.379. The molecule has 0 N–H and O–H groups in total. The highest BCUT2D eigenvalue weighted by molar-refractivity contribution is 6.30. The zero-order chi connectivity index (χ0) is 22.6. The minimum Gasteiger partial charge on any atom is -0.228 e. The fourth-order valence-corrected chi connectivity index (χ4v) is 5.37. The van der Waals surface area contributed by atoms with Gasteiger partial charge in [-0.2, -0.15) is 5.10 Å². The lowest BCUT2D eigenvalue weighted by Gasteiger charge is -2.18. The smallest absolute Gasteiger partial charge is 0.164 e. The van der Waals surface area contributed by atoms with E-state index in [1.807, 2.05) is 22.9 Å². The molecule has 0 atom stereocenters. The topological polar surface area (TPSA) is 30.7 Å². The SMILES string of the molecule is Cc1nn(-c2ccccc2)c2nc(-c3ccc(Cl)cc3)c3c(c12)CCCCCCCCCC3. The van der Waals surface area contributed by atoms with Crippen LogP contribution in [0.3, 0.4) is 0 Å². The van der Waals surface area contributed by atoms with Crippen molar-refractivity contribution < 1.29 is 0 Å². The first-order chi connectivity index (χ1) is 16.2. The maximum absolute atomic E-state index is 6.23. The van der Waals surface area contributed by atoms with E-state index in [2.05, 4.69) is 43.3 Å². The molecule has 0 fully saturated rings. The molecule has 2 aromatic carbocycles. The van der Waals surface area contributed by atoms with E-state index in [-0.39, 0.29) is 0 Å². The Balaban J connectivity index is 1.75. The van der Waals surface area contributed by atoms with Crippen molar-refractivity contribution in [3.63, 3.8) is 0 Å². The van der Waals surface area contributed by atoms with Crippen LogP contribution in [0.4, 0.5) is 0 Å². The molecule has 0 aliphatic heterocycles. The second kappa shape index (κ2) is 10.1. The van der Waals surface area contributed by atoms with Crippen LogP contribution in [0.5, 0.6) is 0 Å². The van der Waals surface area contributed by atoms with Gasteiger partial charge in [-0.25, -0.2) is 9.67 Å². The lowest BCUT2D eigenvalue weighted by molar-refractivity contribution is 0.560. The monoisotopic (exact) mass is 457 g/mol. The van der Waals surface area contributed by atoms with Gasteiger partial charge in [0.25, 0.3) is 0 Å². The molecule has 4 heteroatoms. The lowest BCUT2D eigenvalue weighted by Crippen LogP contribution is -2.05. The third-order valence-corrected chi connectivity index (χ3v) is 7.18. The minimum atomic E-state index is 0.758. The van der Waals surface area contributed by atoms with Crippen LogP contribution in [-0.2, 0) is 12.8 Å². The van der Waals surface area contributed by atoms with Crippen molar-refractivity contribution in [2.24, 2.45) is 0 Å². The van der Waals surface area contributed by atoms with E-state index in [0.29, 0.717) is 0 Å². The Kier molecular flexibility index (Phi) is 6.78. The molecule has 1 aliphatic rings. The second-order valence-corrected chi connectivity index (χ2v) is 9.72. The van der Waals surface area contributed by atoms with E-state index in [9.17, 15) is 0 Å². The fourth-order valence-electron chi connectivity index (χ4n) is 5.24. The molecular weight excluding hydrogens is 426 g/mol. The molecule has 33 heavy (non-hydrogen) atoms. The first-order valence-corrected chi connectivity index (χ1v) is 12.8. The van der Waals surface area contributed by atoms with E-state index in [4.69, 9.17) is 21.7 Å². The van der Waals surface area contributed by atoms with Gasteiger partial charge in [-0.15, -0.1) is 0 Å². The summed E-state index contributed by atoms with van der Waals surface area (Å²) in [6, 6.07) is 18.6. The third-order valence-electron chi connectivity index (χ3n) is 6.93. The van der Waals surface area contributed by atoms with Crippen molar-refractivity contribution in [3.05, 3.63) is 76.4 Å². The Bertz CT molecular complexity index is 1230. The molecule has 170 valence electrons. The highest BCUT2D eigenvalue weighted by atomic mass is 35.5. The number of pyridine rings is 1. The van der Waals surface area contributed by atoms with Gasteiger partial charge in [0.2, 0.25) is 0 Å². The van der Waals surface area contributed by atoms with Crippen molar-refractivity contribution in [2.45, 2.75) is 71.1 Å². The third kappa shape index (κ3) is 4.70. The number of benzene rings is 2. The molecule has 0 bridgehead atoms. The van der Waals surface area contributed by atoms with Gasteiger partial charge in [0.1, 0.15) is 0 Å². The summed E-state index contributed by atoms with van der Waals surface area (Å²) in [7, 11) is 0. The summed E-state index contributed by atoms with van der Waals surface area (Å²) in [5.41, 5.74) is 8.22. The Morgan fingerprint density at radius 3 is 2.00 bits per heavy atom. The molecule has 2 heterocycles. The maximum atomic E-state index is 6.23. The molecule has 0 radical (unpaired) electrons.